The fraction of sp³-hybridized carbons (Fsp3) is 0.235. The van der Waals surface area contributed by atoms with Crippen LogP contribution in [0.15, 0.2) is 64.7 Å². The maximum atomic E-state index is 5.60. The van der Waals surface area contributed by atoms with Gasteiger partial charge in [-0.2, -0.15) is 0 Å². The quantitative estimate of drug-likeness (QED) is 0.740. The molecule has 3 nitrogen and oxygen atoms in total. The van der Waals surface area contributed by atoms with Crippen LogP contribution in [0.5, 0.6) is 0 Å². The van der Waals surface area contributed by atoms with Crippen LogP contribution in [-0.2, 0) is 0 Å². The van der Waals surface area contributed by atoms with Crippen molar-refractivity contribution in [1.82, 2.24) is 10.3 Å². The van der Waals surface area contributed by atoms with Crippen molar-refractivity contribution in [3.05, 3.63) is 76.6 Å². The Hall–Kier alpha value is -1.91. The van der Waals surface area contributed by atoms with E-state index in [2.05, 4.69) is 41.5 Å². The summed E-state index contributed by atoms with van der Waals surface area (Å²) in [4.78, 5) is 4.38. The van der Waals surface area contributed by atoms with Crippen LogP contribution in [0, 0.1) is 0 Å². The van der Waals surface area contributed by atoms with E-state index in [-0.39, 0.29) is 6.04 Å². The molecule has 0 radical (unpaired) electrons. The smallest absolute Gasteiger partial charge is 0.125 e. The normalized spacial score (nSPS) is 14.0. The average molecular weight is 298 g/mol. The monoisotopic (exact) mass is 298 g/mol. The second-order valence-corrected chi connectivity index (χ2v) is 5.96. The fourth-order valence-corrected chi connectivity index (χ4v) is 3.04. The van der Waals surface area contributed by atoms with E-state index < -0.39 is 0 Å². The van der Waals surface area contributed by atoms with Gasteiger partial charge in [-0.05, 0) is 17.7 Å². The predicted octanol–water partition coefficient (Wildman–Crippen LogP) is 4.22. The van der Waals surface area contributed by atoms with Gasteiger partial charge >= 0.3 is 0 Å². The maximum Gasteiger partial charge on any atom is 0.125 e. The molecule has 3 aromatic rings. The van der Waals surface area contributed by atoms with E-state index in [1.807, 2.05) is 29.8 Å². The molecular formula is C17H18N2OS. The van der Waals surface area contributed by atoms with E-state index >= 15 is 0 Å². The van der Waals surface area contributed by atoms with Crippen molar-refractivity contribution < 1.29 is 4.42 Å². The first-order valence-corrected chi connectivity index (χ1v) is 7.93. The number of nitrogens with one attached hydrogen (secondary N) is 1. The minimum atomic E-state index is 0.0728. The molecule has 0 spiro atoms. The summed E-state index contributed by atoms with van der Waals surface area (Å²) in [5.41, 5.74) is 1.21. The summed E-state index contributed by atoms with van der Waals surface area (Å²) >= 11 is 1.70. The zero-order chi connectivity index (χ0) is 14.5. The van der Waals surface area contributed by atoms with E-state index in [1.165, 1.54) is 5.56 Å². The Kier molecular flexibility index (Phi) is 4.48. The van der Waals surface area contributed by atoms with Crippen LogP contribution in [0.25, 0.3) is 0 Å². The van der Waals surface area contributed by atoms with Crippen LogP contribution >= 0.6 is 11.3 Å². The van der Waals surface area contributed by atoms with Crippen molar-refractivity contribution in [2.75, 3.05) is 6.54 Å². The predicted molar refractivity (Wildman–Crippen MR) is 85.5 cm³/mol. The number of rotatable bonds is 6. The molecule has 0 amide bonds. The fourth-order valence-electron chi connectivity index (χ4n) is 2.34. The standard InChI is InChI=1S/C17H18N2OS/c1-13(17-18-9-11-21-17)12-19-16(15-8-5-10-20-15)14-6-3-2-4-7-14/h2-11,13,16,19H,12H2,1H3. The molecule has 2 heterocycles. The molecule has 4 heteroatoms. The van der Waals surface area contributed by atoms with E-state index in [0.29, 0.717) is 5.92 Å². The van der Waals surface area contributed by atoms with Crippen molar-refractivity contribution >= 4 is 11.3 Å². The third kappa shape index (κ3) is 3.40. The Morgan fingerprint density at radius 3 is 2.71 bits per heavy atom. The zero-order valence-electron chi connectivity index (χ0n) is 11.9. The summed E-state index contributed by atoms with van der Waals surface area (Å²) < 4.78 is 5.60. The molecule has 0 aliphatic heterocycles. The van der Waals surface area contributed by atoms with Crippen molar-refractivity contribution in [2.24, 2.45) is 0 Å². The lowest BCUT2D eigenvalue weighted by atomic mass is 10.0. The lowest BCUT2D eigenvalue weighted by molar-refractivity contribution is 0.439. The highest BCUT2D eigenvalue weighted by Gasteiger charge is 2.18. The third-order valence-electron chi connectivity index (χ3n) is 3.46. The highest BCUT2D eigenvalue weighted by molar-refractivity contribution is 7.09. The number of aromatic nitrogens is 1. The Morgan fingerprint density at radius 2 is 2.05 bits per heavy atom. The summed E-state index contributed by atoms with van der Waals surface area (Å²) in [7, 11) is 0. The lowest BCUT2D eigenvalue weighted by Gasteiger charge is -2.19. The molecule has 1 N–H and O–H groups in total. The molecular weight excluding hydrogens is 280 g/mol. The summed E-state index contributed by atoms with van der Waals surface area (Å²) in [6.45, 7) is 3.05. The van der Waals surface area contributed by atoms with Crippen LogP contribution in [0.2, 0.25) is 0 Å². The van der Waals surface area contributed by atoms with Gasteiger partial charge in [0, 0.05) is 24.0 Å². The van der Waals surface area contributed by atoms with Gasteiger partial charge in [0.2, 0.25) is 0 Å². The summed E-state index contributed by atoms with van der Waals surface area (Å²) in [6.07, 6.45) is 3.58. The second kappa shape index (κ2) is 6.70. The van der Waals surface area contributed by atoms with Gasteiger partial charge in [-0.15, -0.1) is 11.3 Å². The van der Waals surface area contributed by atoms with Crippen molar-refractivity contribution in [2.45, 2.75) is 18.9 Å². The first-order chi connectivity index (χ1) is 10.3. The molecule has 0 aliphatic carbocycles. The molecule has 3 rings (SSSR count). The number of hydrogen-bond donors (Lipinski definition) is 1. The molecule has 2 atom stereocenters. The molecule has 2 unspecified atom stereocenters. The Morgan fingerprint density at radius 1 is 1.19 bits per heavy atom. The molecule has 108 valence electrons. The van der Waals surface area contributed by atoms with E-state index in [1.54, 1.807) is 17.6 Å². The number of benzene rings is 1. The van der Waals surface area contributed by atoms with Crippen LogP contribution in [0.1, 0.15) is 35.2 Å². The van der Waals surface area contributed by atoms with Gasteiger partial charge in [0.15, 0.2) is 0 Å². The molecule has 2 aromatic heterocycles. The number of nitrogens with zero attached hydrogens (tertiary/aromatic N) is 1. The Bertz CT molecular complexity index is 635. The van der Waals surface area contributed by atoms with Gasteiger partial charge in [0.05, 0.1) is 17.3 Å². The van der Waals surface area contributed by atoms with Crippen LogP contribution in [0.4, 0.5) is 0 Å². The van der Waals surface area contributed by atoms with Gasteiger partial charge in [-0.25, -0.2) is 4.98 Å². The lowest BCUT2D eigenvalue weighted by Crippen LogP contribution is -2.26. The van der Waals surface area contributed by atoms with Crippen molar-refractivity contribution in [3.8, 4) is 0 Å². The van der Waals surface area contributed by atoms with Gasteiger partial charge in [0.25, 0.3) is 0 Å². The molecule has 21 heavy (non-hydrogen) atoms. The number of hydrogen-bond acceptors (Lipinski definition) is 4. The second-order valence-electron chi connectivity index (χ2n) is 5.04. The van der Waals surface area contributed by atoms with E-state index in [0.717, 1.165) is 17.3 Å². The van der Waals surface area contributed by atoms with E-state index in [9.17, 15) is 0 Å². The SMILES string of the molecule is CC(CNC(c1ccccc1)c1ccco1)c1nccs1. The van der Waals surface area contributed by atoms with E-state index in [4.69, 9.17) is 4.42 Å². The molecule has 0 saturated carbocycles. The Balaban J connectivity index is 1.74. The molecule has 0 aliphatic rings. The third-order valence-corrected chi connectivity index (χ3v) is 4.47. The first-order valence-electron chi connectivity index (χ1n) is 7.05. The van der Waals surface area contributed by atoms with Gasteiger partial charge < -0.3 is 9.73 Å². The molecule has 1 aromatic carbocycles. The minimum absolute atomic E-state index is 0.0728. The highest BCUT2D eigenvalue weighted by atomic mass is 32.1. The summed E-state index contributed by atoms with van der Waals surface area (Å²) in [6, 6.07) is 14.4. The van der Waals surface area contributed by atoms with Gasteiger partial charge in [-0.3, -0.25) is 0 Å². The molecule has 0 bridgehead atoms. The molecule has 0 saturated heterocycles. The molecule has 0 fully saturated rings. The maximum absolute atomic E-state index is 5.60. The average Bonchev–Trinajstić information content (AvgIpc) is 3.22. The van der Waals surface area contributed by atoms with Gasteiger partial charge in [0.1, 0.15) is 5.76 Å². The van der Waals surface area contributed by atoms with Gasteiger partial charge in [-0.1, -0.05) is 37.3 Å². The summed E-state index contributed by atoms with van der Waals surface area (Å²) in [5.74, 6) is 1.32. The summed E-state index contributed by atoms with van der Waals surface area (Å²) in [5, 5.41) is 6.78. The van der Waals surface area contributed by atoms with Crippen LogP contribution in [-0.4, -0.2) is 11.5 Å². The van der Waals surface area contributed by atoms with Crippen LogP contribution < -0.4 is 5.32 Å². The zero-order valence-corrected chi connectivity index (χ0v) is 12.7. The van der Waals surface area contributed by atoms with Crippen molar-refractivity contribution in [1.29, 1.82) is 0 Å². The number of thiazole rings is 1. The van der Waals surface area contributed by atoms with Crippen molar-refractivity contribution in [3.63, 3.8) is 0 Å². The van der Waals surface area contributed by atoms with Crippen LogP contribution in [0.3, 0.4) is 0 Å². The number of furan rings is 1. The first kappa shape index (κ1) is 14.0. The largest absolute Gasteiger partial charge is 0.467 e. The minimum Gasteiger partial charge on any atom is -0.467 e. The highest BCUT2D eigenvalue weighted by Crippen LogP contribution is 2.24. The topological polar surface area (TPSA) is 38.1 Å². The Labute approximate surface area is 128 Å².